The third-order valence-electron chi connectivity index (χ3n) is 4.17. The van der Waals surface area contributed by atoms with Crippen LogP contribution in [0.2, 0.25) is 5.02 Å². The first-order valence-electron chi connectivity index (χ1n) is 6.94. The molecule has 1 fully saturated rings. The lowest BCUT2D eigenvalue weighted by atomic mass is 9.77. The molecule has 4 nitrogen and oxygen atoms in total. The van der Waals surface area contributed by atoms with Crippen molar-refractivity contribution in [3.05, 3.63) is 28.8 Å². The number of nitrogens with one attached hydrogen (secondary N) is 1. The number of amides is 1. The maximum absolute atomic E-state index is 12.3. The van der Waals surface area contributed by atoms with Crippen LogP contribution in [-0.2, 0) is 0 Å². The Morgan fingerprint density at radius 3 is 2.70 bits per heavy atom. The summed E-state index contributed by atoms with van der Waals surface area (Å²) in [6.07, 6.45) is 3.61. The zero-order chi connectivity index (χ0) is 14.8. The monoisotopic (exact) mass is 296 g/mol. The predicted molar refractivity (Wildman–Crippen MR) is 80.8 cm³/mol. The number of rotatable bonds is 3. The standard InChI is InChI=1S/C15H21ClN2O2/c1-10-4-6-15(9-19,7-5-10)18-14(20)12-3-2-11(16)8-13(12)17/h2-3,8,10,19H,4-7,9,17H2,1H3,(H,18,20). The van der Waals surface area contributed by atoms with Crippen molar-refractivity contribution in [1.82, 2.24) is 5.32 Å². The van der Waals surface area contributed by atoms with Gasteiger partial charge in [0.15, 0.2) is 0 Å². The van der Waals surface area contributed by atoms with Crippen LogP contribution in [0.25, 0.3) is 0 Å². The van der Waals surface area contributed by atoms with Crippen LogP contribution in [0.15, 0.2) is 18.2 Å². The van der Waals surface area contributed by atoms with E-state index in [1.165, 1.54) is 0 Å². The van der Waals surface area contributed by atoms with Crippen LogP contribution in [0.4, 0.5) is 5.69 Å². The number of carbonyl (C=O) groups excluding carboxylic acids is 1. The van der Waals surface area contributed by atoms with Crippen LogP contribution < -0.4 is 11.1 Å². The first-order chi connectivity index (χ1) is 9.46. The lowest BCUT2D eigenvalue weighted by molar-refractivity contribution is 0.0718. The molecule has 0 saturated heterocycles. The summed E-state index contributed by atoms with van der Waals surface area (Å²) in [6.45, 7) is 2.15. The van der Waals surface area contributed by atoms with E-state index in [-0.39, 0.29) is 12.5 Å². The van der Waals surface area contributed by atoms with Gasteiger partial charge in [-0.2, -0.15) is 0 Å². The highest BCUT2D eigenvalue weighted by Crippen LogP contribution is 2.32. The SMILES string of the molecule is CC1CCC(CO)(NC(=O)c2ccc(Cl)cc2N)CC1. The second-order valence-electron chi connectivity index (χ2n) is 5.81. The number of anilines is 1. The average Bonchev–Trinajstić information content (AvgIpc) is 2.41. The van der Waals surface area contributed by atoms with Gasteiger partial charge in [-0.05, 0) is 49.8 Å². The van der Waals surface area contributed by atoms with Gasteiger partial charge in [-0.1, -0.05) is 18.5 Å². The largest absolute Gasteiger partial charge is 0.398 e. The van der Waals surface area contributed by atoms with Crippen molar-refractivity contribution in [1.29, 1.82) is 0 Å². The number of nitrogens with two attached hydrogens (primary N) is 1. The molecule has 20 heavy (non-hydrogen) atoms. The van der Waals surface area contributed by atoms with Crippen LogP contribution in [0.3, 0.4) is 0 Å². The van der Waals surface area contributed by atoms with Crippen LogP contribution >= 0.6 is 11.6 Å². The molecule has 1 aliphatic rings. The number of benzene rings is 1. The molecule has 0 aliphatic heterocycles. The minimum absolute atomic E-state index is 0.0427. The van der Waals surface area contributed by atoms with Gasteiger partial charge in [-0.15, -0.1) is 0 Å². The minimum atomic E-state index is -0.518. The van der Waals surface area contributed by atoms with Gasteiger partial charge < -0.3 is 16.2 Å². The zero-order valence-electron chi connectivity index (χ0n) is 11.7. The molecule has 0 spiro atoms. The van der Waals surface area contributed by atoms with Gasteiger partial charge in [0.25, 0.3) is 5.91 Å². The fourth-order valence-electron chi connectivity index (χ4n) is 2.69. The average molecular weight is 297 g/mol. The van der Waals surface area contributed by atoms with Gasteiger partial charge in [0, 0.05) is 10.7 Å². The van der Waals surface area contributed by atoms with E-state index in [4.69, 9.17) is 17.3 Å². The smallest absolute Gasteiger partial charge is 0.253 e. The summed E-state index contributed by atoms with van der Waals surface area (Å²) >= 11 is 5.83. The van der Waals surface area contributed by atoms with Crippen LogP contribution in [0.1, 0.15) is 43.0 Å². The van der Waals surface area contributed by atoms with Crippen LogP contribution in [-0.4, -0.2) is 23.2 Å². The summed E-state index contributed by atoms with van der Waals surface area (Å²) in [7, 11) is 0. The molecule has 0 unspecified atom stereocenters. The van der Waals surface area contributed by atoms with E-state index in [1.54, 1.807) is 18.2 Å². The van der Waals surface area contributed by atoms with E-state index < -0.39 is 5.54 Å². The van der Waals surface area contributed by atoms with E-state index >= 15 is 0 Å². The summed E-state index contributed by atoms with van der Waals surface area (Å²) in [6, 6.07) is 4.82. The molecule has 1 aliphatic carbocycles. The Bertz CT molecular complexity index is 497. The Labute approximate surface area is 124 Å². The number of hydrogen-bond acceptors (Lipinski definition) is 3. The summed E-state index contributed by atoms with van der Waals surface area (Å²) in [5.41, 5.74) is 6.07. The van der Waals surface area contributed by atoms with Crippen molar-refractivity contribution in [2.75, 3.05) is 12.3 Å². The summed E-state index contributed by atoms with van der Waals surface area (Å²) in [4.78, 5) is 12.3. The van der Waals surface area contributed by atoms with Gasteiger partial charge in [0.1, 0.15) is 0 Å². The molecule has 0 radical (unpaired) electrons. The van der Waals surface area contributed by atoms with Gasteiger partial charge in [0.2, 0.25) is 0 Å². The Balaban J connectivity index is 2.13. The maximum atomic E-state index is 12.3. The van der Waals surface area contributed by atoms with E-state index in [0.29, 0.717) is 22.2 Å². The highest BCUT2D eigenvalue weighted by Gasteiger charge is 2.35. The Morgan fingerprint density at radius 2 is 2.15 bits per heavy atom. The number of aliphatic hydroxyl groups is 1. The van der Waals surface area contributed by atoms with Crippen LogP contribution in [0.5, 0.6) is 0 Å². The molecule has 1 amide bonds. The second kappa shape index (κ2) is 6.02. The minimum Gasteiger partial charge on any atom is -0.398 e. The predicted octanol–water partition coefficient (Wildman–Crippen LogP) is 2.59. The summed E-state index contributed by atoms with van der Waals surface area (Å²) < 4.78 is 0. The molecule has 5 heteroatoms. The fourth-order valence-corrected chi connectivity index (χ4v) is 2.87. The van der Waals surface area contributed by atoms with Crippen molar-refractivity contribution in [3.63, 3.8) is 0 Å². The number of nitrogen functional groups attached to an aromatic ring is 1. The normalized spacial score (nSPS) is 26.2. The highest BCUT2D eigenvalue weighted by atomic mass is 35.5. The van der Waals surface area contributed by atoms with Crippen molar-refractivity contribution in [2.45, 2.75) is 38.1 Å². The van der Waals surface area contributed by atoms with Gasteiger partial charge >= 0.3 is 0 Å². The first kappa shape index (κ1) is 15.1. The lowest BCUT2D eigenvalue weighted by Gasteiger charge is -2.38. The molecular weight excluding hydrogens is 276 g/mol. The Hall–Kier alpha value is -1.26. The fraction of sp³-hybridized carbons (Fsp3) is 0.533. The Kier molecular flexibility index (Phi) is 4.55. The molecule has 0 atom stereocenters. The molecule has 0 aromatic heterocycles. The van der Waals surface area contributed by atoms with Gasteiger partial charge in [0.05, 0.1) is 17.7 Å². The van der Waals surface area contributed by atoms with Gasteiger partial charge in [-0.3, -0.25) is 4.79 Å². The van der Waals surface area contributed by atoms with E-state index in [0.717, 1.165) is 25.7 Å². The van der Waals surface area contributed by atoms with Crippen molar-refractivity contribution >= 4 is 23.2 Å². The summed E-state index contributed by atoms with van der Waals surface area (Å²) in [5, 5.41) is 13.1. The Morgan fingerprint density at radius 1 is 1.50 bits per heavy atom. The zero-order valence-corrected chi connectivity index (χ0v) is 12.4. The van der Waals surface area contributed by atoms with E-state index in [1.807, 2.05) is 0 Å². The number of hydrogen-bond donors (Lipinski definition) is 3. The lowest BCUT2D eigenvalue weighted by Crippen LogP contribution is -2.53. The molecule has 1 aromatic rings. The molecule has 4 N–H and O–H groups in total. The molecule has 0 bridgehead atoms. The number of carbonyl (C=O) groups is 1. The molecule has 1 aromatic carbocycles. The number of halogens is 1. The first-order valence-corrected chi connectivity index (χ1v) is 7.32. The van der Waals surface area contributed by atoms with Crippen molar-refractivity contribution in [2.24, 2.45) is 5.92 Å². The quantitative estimate of drug-likeness (QED) is 0.751. The van der Waals surface area contributed by atoms with Gasteiger partial charge in [-0.25, -0.2) is 0 Å². The van der Waals surface area contributed by atoms with Crippen molar-refractivity contribution < 1.29 is 9.90 Å². The molecule has 1 saturated carbocycles. The topological polar surface area (TPSA) is 75.3 Å². The maximum Gasteiger partial charge on any atom is 0.253 e. The third kappa shape index (κ3) is 3.25. The highest BCUT2D eigenvalue weighted by molar-refractivity contribution is 6.31. The van der Waals surface area contributed by atoms with E-state index in [9.17, 15) is 9.90 Å². The third-order valence-corrected chi connectivity index (χ3v) is 4.41. The molecule has 0 heterocycles. The van der Waals surface area contributed by atoms with Crippen LogP contribution in [0, 0.1) is 5.92 Å². The molecular formula is C15H21ClN2O2. The second-order valence-corrected chi connectivity index (χ2v) is 6.24. The number of aliphatic hydroxyl groups excluding tert-OH is 1. The van der Waals surface area contributed by atoms with Crippen molar-refractivity contribution in [3.8, 4) is 0 Å². The van der Waals surface area contributed by atoms with E-state index in [2.05, 4.69) is 12.2 Å². The molecule has 110 valence electrons. The molecule has 2 rings (SSSR count). The summed E-state index contributed by atoms with van der Waals surface area (Å²) in [5.74, 6) is 0.398.